The molecule has 0 radical (unpaired) electrons. The molecule has 0 atom stereocenters. The summed E-state index contributed by atoms with van der Waals surface area (Å²) in [7, 11) is -8.57. The number of aryl methyl sites for hydroxylation is 2. The molecule has 0 aliphatic heterocycles. The molecular weight excluding hydrogens is 749 g/mol. The fourth-order valence-electron chi connectivity index (χ4n) is 5.88. The quantitative estimate of drug-likeness (QED) is 0.0279. The monoisotopic (exact) mass is 805 g/mol. The molecule has 5 N–H and O–H groups in total. The van der Waals surface area contributed by atoms with Crippen molar-refractivity contribution in [3.05, 3.63) is 77.0 Å². The number of carbonyl (C=O) groups excluding carboxylic acids is 2. The maximum absolute atomic E-state index is 12.4. The first-order chi connectivity index (χ1) is 25.8. The summed E-state index contributed by atoms with van der Waals surface area (Å²) in [6.07, 6.45) is 9.48. The van der Waals surface area contributed by atoms with E-state index in [2.05, 4.69) is 10.6 Å². The zero-order valence-electron chi connectivity index (χ0n) is 32.5. The van der Waals surface area contributed by atoms with Gasteiger partial charge in [0.15, 0.2) is 5.71 Å². The lowest BCUT2D eigenvalue weighted by Gasteiger charge is -2.27. The number of hydrogen-bond donors (Lipinski definition) is 5. The van der Waals surface area contributed by atoms with Gasteiger partial charge in [-0.1, -0.05) is 25.5 Å². The topological polar surface area (TPSA) is 210 Å². The summed E-state index contributed by atoms with van der Waals surface area (Å²) >= 11 is 0. The molecule has 0 saturated heterocycles. The second kappa shape index (κ2) is 22.9. The number of nitrogens with one attached hydrogen (secondary N) is 2. The molecule has 0 fully saturated rings. The highest BCUT2D eigenvalue weighted by Crippen LogP contribution is 2.27. The van der Waals surface area contributed by atoms with E-state index in [1.165, 1.54) is 12.1 Å². The Morgan fingerprint density at radius 3 is 2.13 bits per heavy atom. The highest BCUT2D eigenvalue weighted by atomic mass is 32.2. The molecule has 0 heterocycles. The summed E-state index contributed by atoms with van der Waals surface area (Å²) < 4.78 is 67.4. The summed E-state index contributed by atoms with van der Waals surface area (Å²) in [6.45, 7) is 11.1. The molecule has 0 aliphatic rings. The van der Waals surface area contributed by atoms with Crippen molar-refractivity contribution < 1.29 is 50.0 Å². The number of benzene rings is 2. The summed E-state index contributed by atoms with van der Waals surface area (Å²) in [5, 5.41) is 14.7. The smallest absolute Gasteiger partial charge is 0.303 e. The molecular formula is C39H57N4O10S2+. The van der Waals surface area contributed by atoms with Gasteiger partial charge in [0.25, 0.3) is 20.2 Å². The van der Waals surface area contributed by atoms with Gasteiger partial charge in [0, 0.05) is 81.3 Å². The van der Waals surface area contributed by atoms with Crippen LogP contribution < -0.4 is 15.5 Å². The second-order valence-corrected chi connectivity index (χ2v) is 16.5. The molecule has 16 heteroatoms. The Balaban J connectivity index is 2.34. The molecule has 0 aromatic heterocycles. The van der Waals surface area contributed by atoms with Crippen LogP contribution in [0.3, 0.4) is 0 Å². The number of amides is 2. The first-order valence-corrected chi connectivity index (χ1v) is 21.5. The van der Waals surface area contributed by atoms with Gasteiger partial charge in [-0.15, -0.1) is 0 Å². The van der Waals surface area contributed by atoms with Gasteiger partial charge in [0.2, 0.25) is 17.5 Å². The van der Waals surface area contributed by atoms with E-state index < -0.39 is 32.0 Å². The maximum Gasteiger partial charge on any atom is 0.303 e. The fourth-order valence-corrected chi connectivity index (χ4v) is 6.94. The number of carboxylic acids is 1. The highest BCUT2D eigenvalue weighted by Gasteiger charge is 2.19. The predicted molar refractivity (Wildman–Crippen MR) is 214 cm³/mol. The van der Waals surface area contributed by atoms with E-state index in [4.69, 9.17) is 5.11 Å². The third kappa shape index (κ3) is 17.7. The highest BCUT2D eigenvalue weighted by molar-refractivity contribution is 7.86. The number of carbonyl (C=O) groups is 3. The Morgan fingerprint density at radius 2 is 1.53 bits per heavy atom. The second-order valence-electron chi connectivity index (χ2n) is 13.5. The number of nitrogens with zero attached hydrogens (tertiary/aromatic N) is 2. The average molecular weight is 806 g/mol. The van der Waals surface area contributed by atoms with Crippen molar-refractivity contribution in [2.75, 3.05) is 30.3 Å². The van der Waals surface area contributed by atoms with E-state index in [9.17, 15) is 40.3 Å². The van der Waals surface area contributed by atoms with Gasteiger partial charge < -0.3 is 20.6 Å². The number of allylic oxidation sites excluding steroid dienone is 4. The van der Waals surface area contributed by atoms with Crippen molar-refractivity contribution in [2.24, 2.45) is 0 Å². The minimum Gasteiger partial charge on any atom is -0.481 e. The Kier molecular flexibility index (Phi) is 19.4. The molecule has 2 amide bonds. The summed E-state index contributed by atoms with van der Waals surface area (Å²) in [5.74, 6) is -1.50. The first kappa shape index (κ1) is 46.8. The van der Waals surface area contributed by atoms with Gasteiger partial charge in [-0.05, 0) is 87.9 Å². The largest absolute Gasteiger partial charge is 0.481 e. The van der Waals surface area contributed by atoms with Crippen molar-refractivity contribution in [3.8, 4) is 0 Å². The van der Waals surface area contributed by atoms with Crippen LogP contribution in [0.5, 0.6) is 0 Å². The number of anilines is 1. The van der Waals surface area contributed by atoms with E-state index in [0.717, 1.165) is 40.3 Å². The SMILES string of the molecule is CCCNC(=O)CCCC(=O)NCc1ccc([N+](CCCS(=O)(=O)O)=C(C)/C=C/C=C(\C)N(CCCCCC(=O)O)c2ccc(S(=O)(=O)O)cc2C)c(C)c1. The Hall–Kier alpha value is -4.38. The van der Waals surface area contributed by atoms with Gasteiger partial charge in [0.1, 0.15) is 6.54 Å². The van der Waals surface area contributed by atoms with Crippen LogP contribution in [0.25, 0.3) is 0 Å². The molecule has 0 unspecified atom stereocenters. The first-order valence-electron chi connectivity index (χ1n) is 18.4. The Labute approximate surface area is 325 Å². The van der Waals surface area contributed by atoms with Crippen LogP contribution in [0.4, 0.5) is 11.4 Å². The fraction of sp³-hybridized carbons (Fsp3) is 0.487. The van der Waals surface area contributed by atoms with Crippen LogP contribution >= 0.6 is 0 Å². The molecule has 2 aromatic carbocycles. The molecule has 2 aromatic rings. The van der Waals surface area contributed by atoms with Crippen molar-refractivity contribution in [3.63, 3.8) is 0 Å². The van der Waals surface area contributed by atoms with Gasteiger partial charge in [0.05, 0.1) is 10.6 Å². The molecule has 0 aliphatic carbocycles. The maximum atomic E-state index is 12.4. The Morgan fingerprint density at radius 1 is 0.836 bits per heavy atom. The minimum atomic E-state index is -4.39. The molecule has 0 bridgehead atoms. The lowest BCUT2D eigenvalue weighted by atomic mass is 10.1. The van der Waals surface area contributed by atoms with E-state index in [-0.39, 0.29) is 48.9 Å². The van der Waals surface area contributed by atoms with Gasteiger partial charge in [-0.25, -0.2) is 0 Å². The zero-order valence-corrected chi connectivity index (χ0v) is 34.1. The number of hydrogen-bond acceptors (Lipinski definition) is 8. The van der Waals surface area contributed by atoms with E-state index in [1.54, 1.807) is 13.0 Å². The number of carboxylic acid groups (broad SMARTS) is 1. The van der Waals surface area contributed by atoms with Crippen LogP contribution in [0.15, 0.2) is 65.2 Å². The van der Waals surface area contributed by atoms with Crippen molar-refractivity contribution in [1.82, 2.24) is 10.6 Å². The molecule has 55 heavy (non-hydrogen) atoms. The third-order valence-corrected chi connectivity index (χ3v) is 10.4. The number of aliphatic carboxylic acids is 1. The van der Waals surface area contributed by atoms with Crippen molar-refractivity contribution >= 4 is 55.1 Å². The lowest BCUT2D eigenvalue weighted by Crippen LogP contribution is -2.25. The summed E-state index contributed by atoms with van der Waals surface area (Å²) in [6, 6.07) is 10.1. The number of unbranched alkanes of at least 4 members (excludes halogenated alkanes) is 2. The summed E-state index contributed by atoms with van der Waals surface area (Å²) in [5.41, 5.74) is 5.48. The van der Waals surface area contributed by atoms with Crippen molar-refractivity contribution in [1.29, 1.82) is 0 Å². The van der Waals surface area contributed by atoms with E-state index in [0.29, 0.717) is 50.9 Å². The van der Waals surface area contributed by atoms with Crippen LogP contribution in [0.1, 0.15) is 95.2 Å². The Bertz CT molecular complexity index is 1960. The third-order valence-electron chi connectivity index (χ3n) is 8.76. The minimum absolute atomic E-state index is 0.0653. The van der Waals surface area contributed by atoms with Crippen LogP contribution in [0.2, 0.25) is 0 Å². The van der Waals surface area contributed by atoms with Gasteiger partial charge >= 0.3 is 5.97 Å². The molecule has 0 spiro atoms. The van der Waals surface area contributed by atoms with E-state index in [1.807, 2.05) is 73.6 Å². The number of rotatable bonds is 24. The molecule has 2 rings (SSSR count). The normalized spacial score (nSPS) is 12.7. The lowest BCUT2D eigenvalue weighted by molar-refractivity contribution is -0.440. The van der Waals surface area contributed by atoms with Crippen LogP contribution in [-0.2, 0) is 41.2 Å². The molecule has 0 saturated carbocycles. The van der Waals surface area contributed by atoms with Crippen molar-refractivity contribution in [2.45, 2.75) is 104 Å². The summed E-state index contributed by atoms with van der Waals surface area (Å²) in [4.78, 5) is 37.0. The average Bonchev–Trinajstić information content (AvgIpc) is 3.09. The standard InChI is InChI=1S/C39H56N4O10S2/c1-6-22-40-37(44)15-11-16-38(45)41-28-33-18-20-35(29(2)26-33)43(24-12-25-54(48,49)50)32(5)14-10-13-31(4)42(23-9-7-8-17-39(46)47)36-21-19-34(27-30(36)3)55(51,52)53/h10,13-14,18-21,26-27H,6-9,11-12,15-17,22-25,28H2,1-5H3,(H4-,40,41,44,45,46,47,48,49,50,51,52,53)/p+1. The molecule has 14 nitrogen and oxygen atoms in total. The van der Waals surface area contributed by atoms with E-state index >= 15 is 0 Å². The van der Waals surface area contributed by atoms with Crippen LogP contribution in [0, 0.1) is 13.8 Å². The zero-order chi connectivity index (χ0) is 41.2. The van der Waals surface area contributed by atoms with Gasteiger partial charge in [-0.2, -0.15) is 21.4 Å². The van der Waals surface area contributed by atoms with Gasteiger partial charge in [-0.3, -0.25) is 23.5 Å². The predicted octanol–water partition coefficient (Wildman–Crippen LogP) is 5.86. The van der Waals surface area contributed by atoms with Crippen LogP contribution in [-0.4, -0.2) is 84.5 Å². The molecule has 304 valence electrons.